The fourth-order valence-electron chi connectivity index (χ4n) is 3.42. The van der Waals surface area contributed by atoms with Crippen molar-refractivity contribution in [3.8, 4) is 0 Å². The molecule has 156 valence electrons. The highest BCUT2D eigenvalue weighted by Crippen LogP contribution is 2.37. The third-order valence-corrected chi connectivity index (χ3v) is 7.11. The Hall–Kier alpha value is -2.56. The van der Waals surface area contributed by atoms with Gasteiger partial charge in [-0.3, -0.25) is 9.89 Å². The summed E-state index contributed by atoms with van der Waals surface area (Å²) in [7, 11) is -3.93. The molecule has 0 saturated carbocycles. The lowest BCUT2D eigenvalue weighted by molar-refractivity contribution is -0.117. The minimum Gasteiger partial charge on any atom is -0.374 e. The minimum absolute atomic E-state index is 0.102. The molecular weight excluding hydrogens is 424 g/mol. The number of H-pyrrole nitrogens is 1. The van der Waals surface area contributed by atoms with Crippen molar-refractivity contribution >= 4 is 33.3 Å². The number of thioether (sulfide) groups is 1. The molecule has 8 nitrogen and oxygen atoms in total. The van der Waals surface area contributed by atoms with Gasteiger partial charge in [-0.2, -0.15) is 17.9 Å². The van der Waals surface area contributed by atoms with Crippen LogP contribution in [-0.2, 0) is 19.6 Å². The third-order valence-electron chi connectivity index (χ3n) is 4.83. The normalized spacial score (nSPS) is 27.2. The van der Waals surface area contributed by atoms with E-state index >= 15 is 0 Å². The maximum Gasteiger partial charge on any atom is 0.282 e. The predicted molar refractivity (Wildman–Crippen MR) is 114 cm³/mol. The molecule has 3 unspecified atom stereocenters. The smallest absolute Gasteiger partial charge is 0.282 e. The number of Topliss-reactive ketones (excluding diaryl/α,β-unsaturated/α-hetero) is 1. The van der Waals surface area contributed by atoms with Crippen LogP contribution in [0.1, 0.15) is 13.3 Å². The van der Waals surface area contributed by atoms with Gasteiger partial charge in [-0.1, -0.05) is 36.5 Å². The summed E-state index contributed by atoms with van der Waals surface area (Å²) in [6.45, 7) is 2.45. The van der Waals surface area contributed by atoms with Gasteiger partial charge < -0.3 is 4.74 Å². The molecule has 4 rings (SSSR count). The summed E-state index contributed by atoms with van der Waals surface area (Å²) in [6.07, 6.45) is 15.3. The quantitative estimate of drug-likeness (QED) is 0.717. The van der Waals surface area contributed by atoms with Gasteiger partial charge in [-0.15, -0.1) is 0 Å². The number of ketones is 1. The van der Waals surface area contributed by atoms with Crippen molar-refractivity contribution in [2.24, 2.45) is 16.2 Å². The first-order chi connectivity index (χ1) is 14.5. The first-order valence-corrected chi connectivity index (χ1v) is 11.7. The molecule has 30 heavy (non-hydrogen) atoms. The van der Waals surface area contributed by atoms with Gasteiger partial charge >= 0.3 is 0 Å². The number of nitrogens with zero attached hydrogens (tertiary/aromatic N) is 3. The molecule has 3 aliphatic rings. The number of rotatable bonds is 6. The number of carbonyl (C=O) groups is 1. The lowest BCUT2D eigenvalue weighted by atomic mass is 9.78. The van der Waals surface area contributed by atoms with Crippen LogP contribution >= 0.6 is 11.8 Å². The van der Waals surface area contributed by atoms with E-state index in [1.165, 1.54) is 18.5 Å². The van der Waals surface area contributed by atoms with Crippen LogP contribution in [0.2, 0.25) is 0 Å². The van der Waals surface area contributed by atoms with Crippen molar-refractivity contribution in [2.45, 2.75) is 24.6 Å². The van der Waals surface area contributed by atoms with Gasteiger partial charge in [-0.25, -0.2) is 4.98 Å². The Kier molecular flexibility index (Phi) is 5.98. The number of hydrogen-bond donors (Lipinski definition) is 1. The molecule has 0 aromatic carbocycles. The lowest BCUT2D eigenvalue weighted by Crippen LogP contribution is -2.33. The van der Waals surface area contributed by atoms with Crippen molar-refractivity contribution < 1.29 is 17.9 Å². The fraction of sp³-hybridized carbons (Fsp3) is 0.300. The minimum atomic E-state index is -3.93. The summed E-state index contributed by atoms with van der Waals surface area (Å²) in [5.74, 6) is -1.03. The van der Waals surface area contributed by atoms with Crippen molar-refractivity contribution in [1.82, 2.24) is 15.2 Å². The Morgan fingerprint density at radius 1 is 1.27 bits per heavy atom. The number of carbonyl (C=O) groups excluding carboxylic acids is 1. The van der Waals surface area contributed by atoms with Crippen LogP contribution in [0.4, 0.5) is 0 Å². The zero-order valence-corrected chi connectivity index (χ0v) is 17.8. The summed E-state index contributed by atoms with van der Waals surface area (Å²) in [6, 6.07) is 0. The molecular formula is C20H20N4O4S2. The van der Waals surface area contributed by atoms with E-state index in [4.69, 9.17) is 4.74 Å². The monoisotopic (exact) mass is 444 g/mol. The summed E-state index contributed by atoms with van der Waals surface area (Å²) in [4.78, 5) is 17.4. The van der Waals surface area contributed by atoms with E-state index in [0.717, 1.165) is 11.8 Å². The molecule has 0 aliphatic heterocycles. The van der Waals surface area contributed by atoms with E-state index in [2.05, 4.69) is 19.6 Å². The van der Waals surface area contributed by atoms with Gasteiger partial charge in [0.15, 0.2) is 10.9 Å². The van der Waals surface area contributed by atoms with Gasteiger partial charge in [0.05, 0.1) is 27.5 Å². The summed E-state index contributed by atoms with van der Waals surface area (Å²) >= 11 is 1.11. The van der Waals surface area contributed by atoms with Gasteiger partial charge in [-0.05, 0) is 37.3 Å². The molecule has 0 saturated heterocycles. The van der Waals surface area contributed by atoms with Gasteiger partial charge in [0.25, 0.3) is 10.0 Å². The maximum atomic E-state index is 13.0. The van der Waals surface area contributed by atoms with Gasteiger partial charge in [0.1, 0.15) is 6.33 Å². The second-order valence-corrected chi connectivity index (χ2v) is 9.41. The number of nitrogens with one attached hydrogen (secondary N) is 1. The zero-order chi connectivity index (χ0) is 21.1. The first kappa shape index (κ1) is 20.7. The summed E-state index contributed by atoms with van der Waals surface area (Å²) in [5.41, 5.74) is 0.323. The van der Waals surface area contributed by atoms with Crippen LogP contribution in [0.15, 0.2) is 74.3 Å². The summed E-state index contributed by atoms with van der Waals surface area (Å²) < 4.78 is 35.5. The molecule has 10 heteroatoms. The second-order valence-electron chi connectivity index (χ2n) is 6.77. The van der Waals surface area contributed by atoms with Crippen molar-refractivity contribution in [1.29, 1.82) is 0 Å². The van der Waals surface area contributed by atoms with Crippen LogP contribution in [0, 0.1) is 11.8 Å². The second kappa shape index (κ2) is 8.66. The summed E-state index contributed by atoms with van der Waals surface area (Å²) in [5, 5.41) is 6.93. The van der Waals surface area contributed by atoms with E-state index in [1.54, 1.807) is 36.5 Å². The third kappa shape index (κ3) is 4.30. The van der Waals surface area contributed by atoms with Gasteiger partial charge in [0, 0.05) is 12.5 Å². The molecule has 3 aliphatic carbocycles. The molecule has 0 radical (unpaired) electrons. The van der Waals surface area contributed by atoms with E-state index in [0.29, 0.717) is 28.8 Å². The Morgan fingerprint density at radius 2 is 2.07 bits per heavy atom. The molecule has 1 aromatic rings. The number of ether oxygens (including phenoxy) is 1. The van der Waals surface area contributed by atoms with Crippen LogP contribution in [0.5, 0.6) is 0 Å². The van der Waals surface area contributed by atoms with Crippen LogP contribution in [0.25, 0.3) is 0 Å². The van der Waals surface area contributed by atoms with E-state index in [1.807, 2.05) is 6.92 Å². The van der Waals surface area contributed by atoms with Crippen molar-refractivity contribution in [3.05, 3.63) is 64.7 Å². The first-order valence-electron chi connectivity index (χ1n) is 9.47. The lowest BCUT2D eigenvalue weighted by Gasteiger charge is -2.28. The topological polar surface area (TPSA) is 114 Å². The Balaban J connectivity index is 1.68. The van der Waals surface area contributed by atoms with Crippen LogP contribution < -0.4 is 0 Å². The van der Waals surface area contributed by atoms with E-state index < -0.39 is 21.9 Å². The number of hydrogen-bond acceptors (Lipinski definition) is 7. The number of allylic oxidation sites excluding steroid dienone is 7. The fourth-order valence-corrected chi connectivity index (χ4v) is 5.36. The SMILES string of the molecule is CCOC1C=CC(S(=O)(=O)N=C2C=C(Sc3ncn[nH]3)C(=O)C3C=CC=CC23)=CC1. The van der Waals surface area contributed by atoms with Gasteiger partial charge in [0.2, 0.25) is 0 Å². The molecule has 0 fully saturated rings. The maximum absolute atomic E-state index is 13.0. The molecule has 1 aromatic heterocycles. The average Bonchev–Trinajstić information content (AvgIpc) is 3.25. The molecule has 0 amide bonds. The molecule has 3 atom stereocenters. The Bertz CT molecular complexity index is 1110. The molecule has 0 bridgehead atoms. The number of fused-ring (bicyclic) bond motifs is 1. The highest BCUT2D eigenvalue weighted by molar-refractivity contribution is 8.03. The Labute approximate surface area is 178 Å². The highest BCUT2D eigenvalue weighted by Gasteiger charge is 2.37. The molecule has 0 spiro atoms. The molecule has 1 heterocycles. The van der Waals surface area contributed by atoms with E-state index in [9.17, 15) is 13.2 Å². The predicted octanol–water partition coefficient (Wildman–Crippen LogP) is 2.74. The van der Waals surface area contributed by atoms with Crippen molar-refractivity contribution in [2.75, 3.05) is 6.61 Å². The average molecular weight is 445 g/mol. The largest absolute Gasteiger partial charge is 0.374 e. The number of aromatic amines is 1. The number of sulfonamides is 1. The van der Waals surface area contributed by atoms with E-state index in [-0.39, 0.29) is 16.8 Å². The van der Waals surface area contributed by atoms with Crippen LogP contribution in [-0.4, -0.2) is 47.8 Å². The number of aromatic nitrogens is 3. The standard InChI is InChI=1S/C20H20N4O4S2/c1-2-28-13-7-9-14(10-8-13)30(26,27)24-17-11-18(29-20-21-12-22-23-20)19(25)16-6-4-3-5-15(16)17/h3-7,9-13,15-16H,2,8H2,1H3,(H,21,22,23). The van der Waals surface area contributed by atoms with Crippen LogP contribution in [0.3, 0.4) is 0 Å². The zero-order valence-electron chi connectivity index (χ0n) is 16.1. The Morgan fingerprint density at radius 3 is 2.73 bits per heavy atom. The molecule has 1 N–H and O–H groups in total. The van der Waals surface area contributed by atoms with Crippen molar-refractivity contribution in [3.63, 3.8) is 0 Å². The highest BCUT2D eigenvalue weighted by atomic mass is 32.2.